The summed E-state index contributed by atoms with van der Waals surface area (Å²) in [6.07, 6.45) is 3.94. The minimum Gasteiger partial charge on any atom is -0.362 e. The molecule has 1 aliphatic rings. The van der Waals surface area contributed by atoms with E-state index in [1.54, 1.807) is 13.0 Å². The predicted octanol–water partition coefficient (Wildman–Crippen LogP) is 2.66. The number of ether oxygens (including phenoxy) is 1. The van der Waals surface area contributed by atoms with Crippen LogP contribution in [0.4, 0.5) is 0 Å². The number of carbonyl (C=O) groups excluding carboxylic acids is 1. The van der Waals surface area contributed by atoms with Crippen molar-refractivity contribution in [3.8, 4) is 0 Å². The molecule has 2 atom stereocenters. The van der Waals surface area contributed by atoms with Crippen LogP contribution in [0.2, 0.25) is 0 Å². The summed E-state index contributed by atoms with van der Waals surface area (Å²) in [5.74, 6) is 0.0495. The van der Waals surface area contributed by atoms with Crippen LogP contribution in [0.5, 0.6) is 0 Å². The second-order valence-electron chi connectivity index (χ2n) is 3.72. The molecule has 1 aliphatic heterocycles. The lowest BCUT2D eigenvalue weighted by Gasteiger charge is -2.18. The molecular weight excluding hydrogens is 188 g/mol. The normalized spacial score (nSPS) is 26.3. The molecule has 1 heterocycles. The fourth-order valence-electron chi connectivity index (χ4n) is 1.69. The van der Waals surface area contributed by atoms with Crippen molar-refractivity contribution >= 4 is 5.78 Å². The monoisotopic (exact) mass is 202 g/mol. The van der Waals surface area contributed by atoms with Gasteiger partial charge in [0.1, 0.15) is 6.10 Å². The van der Waals surface area contributed by atoms with Crippen LogP contribution in [0.15, 0.2) is 42.5 Å². The van der Waals surface area contributed by atoms with Crippen molar-refractivity contribution in [1.29, 1.82) is 0 Å². The number of carbonyl (C=O) groups is 1. The van der Waals surface area contributed by atoms with E-state index in [1.165, 1.54) is 0 Å². The molecule has 78 valence electrons. The molecule has 2 rings (SSSR count). The molecule has 2 heteroatoms. The highest BCUT2D eigenvalue weighted by molar-refractivity contribution is 5.93. The van der Waals surface area contributed by atoms with Gasteiger partial charge in [-0.1, -0.05) is 36.4 Å². The van der Waals surface area contributed by atoms with Crippen LogP contribution >= 0.6 is 0 Å². The Morgan fingerprint density at radius 2 is 2.00 bits per heavy atom. The van der Waals surface area contributed by atoms with Crippen molar-refractivity contribution in [1.82, 2.24) is 0 Å². The van der Waals surface area contributed by atoms with Gasteiger partial charge < -0.3 is 4.74 Å². The topological polar surface area (TPSA) is 26.3 Å². The average Bonchev–Trinajstić information content (AvgIpc) is 2.43. The average molecular weight is 202 g/mol. The van der Waals surface area contributed by atoms with Crippen LogP contribution < -0.4 is 0 Å². The first kappa shape index (κ1) is 10.1. The molecule has 0 radical (unpaired) electrons. The Labute approximate surface area is 89.6 Å². The third-order valence-corrected chi connectivity index (χ3v) is 2.57. The van der Waals surface area contributed by atoms with Crippen LogP contribution in [0.3, 0.4) is 0 Å². The standard InChI is InChI=1S/C13H14O2/c1-10-12(14)8-5-9-13(15-10)11-6-3-2-4-7-11/h2-8,10,13H,9H2,1H3/t10-,13-/m1/s1. The predicted molar refractivity (Wildman–Crippen MR) is 58.5 cm³/mol. The summed E-state index contributed by atoms with van der Waals surface area (Å²) in [6.45, 7) is 1.80. The first-order valence-electron chi connectivity index (χ1n) is 5.18. The zero-order chi connectivity index (χ0) is 10.7. The van der Waals surface area contributed by atoms with Gasteiger partial charge in [0.25, 0.3) is 0 Å². The summed E-state index contributed by atoms with van der Waals surface area (Å²) in [5.41, 5.74) is 1.13. The molecule has 0 fully saturated rings. The van der Waals surface area contributed by atoms with Crippen molar-refractivity contribution in [3.05, 3.63) is 48.0 Å². The maximum atomic E-state index is 11.4. The lowest BCUT2D eigenvalue weighted by molar-refractivity contribution is -0.127. The fourth-order valence-corrected chi connectivity index (χ4v) is 1.69. The van der Waals surface area contributed by atoms with E-state index in [0.29, 0.717) is 0 Å². The Hall–Kier alpha value is -1.41. The molecule has 0 saturated carbocycles. The largest absolute Gasteiger partial charge is 0.362 e. The van der Waals surface area contributed by atoms with E-state index in [2.05, 4.69) is 0 Å². The zero-order valence-corrected chi connectivity index (χ0v) is 8.72. The molecule has 0 aliphatic carbocycles. The van der Waals surface area contributed by atoms with Gasteiger partial charge >= 0.3 is 0 Å². The maximum absolute atomic E-state index is 11.4. The first-order valence-corrected chi connectivity index (χ1v) is 5.18. The summed E-state index contributed by atoms with van der Waals surface area (Å²) in [5, 5.41) is 0. The lowest BCUT2D eigenvalue weighted by atomic mass is 10.1. The molecule has 0 amide bonds. The Balaban J connectivity index is 2.18. The second kappa shape index (κ2) is 4.41. The van der Waals surface area contributed by atoms with Crippen molar-refractivity contribution in [2.24, 2.45) is 0 Å². The number of rotatable bonds is 1. The SMILES string of the molecule is C[C@H]1O[C@@H](c2ccccc2)CC=CC1=O. The fraction of sp³-hybridized carbons (Fsp3) is 0.308. The van der Waals surface area contributed by atoms with Gasteiger partial charge in [-0.15, -0.1) is 0 Å². The third kappa shape index (κ3) is 2.34. The van der Waals surface area contributed by atoms with Gasteiger partial charge in [0.2, 0.25) is 0 Å². The highest BCUT2D eigenvalue weighted by atomic mass is 16.5. The van der Waals surface area contributed by atoms with Crippen molar-refractivity contribution < 1.29 is 9.53 Å². The molecule has 0 spiro atoms. The van der Waals surface area contributed by atoms with Crippen molar-refractivity contribution in [3.63, 3.8) is 0 Å². The molecular formula is C13H14O2. The van der Waals surface area contributed by atoms with Gasteiger partial charge in [-0.05, 0) is 25.0 Å². The quantitative estimate of drug-likeness (QED) is 0.699. The molecule has 1 aromatic carbocycles. The Kier molecular flexibility index (Phi) is 2.97. The van der Waals surface area contributed by atoms with Crippen molar-refractivity contribution in [2.75, 3.05) is 0 Å². The molecule has 2 nitrogen and oxygen atoms in total. The van der Waals surface area contributed by atoms with Gasteiger partial charge in [-0.25, -0.2) is 0 Å². The molecule has 0 bridgehead atoms. The van der Waals surface area contributed by atoms with Gasteiger partial charge in [0.05, 0.1) is 6.10 Å². The molecule has 0 N–H and O–H groups in total. The number of ketones is 1. The van der Waals surface area contributed by atoms with E-state index in [9.17, 15) is 4.79 Å². The van der Waals surface area contributed by atoms with E-state index >= 15 is 0 Å². The van der Waals surface area contributed by atoms with Gasteiger partial charge in [-0.2, -0.15) is 0 Å². The van der Waals surface area contributed by atoms with Crippen LogP contribution in [-0.2, 0) is 9.53 Å². The molecule has 1 aromatic rings. The van der Waals surface area contributed by atoms with E-state index < -0.39 is 0 Å². The summed E-state index contributed by atoms with van der Waals surface area (Å²) in [4.78, 5) is 11.4. The molecule has 15 heavy (non-hydrogen) atoms. The van der Waals surface area contributed by atoms with E-state index in [0.717, 1.165) is 12.0 Å². The van der Waals surface area contributed by atoms with Gasteiger partial charge in [0.15, 0.2) is 5.78 Å². The van der Waals surface area contributed by atoms with Crippen molar-refractivity contribution in [2.45, 2.75) is 25.6 Å². The van der Waals surface area contributed by atoms with E-state index in [-0.39, 0.29) is 18.0 Å². The summed E-state index contributed by atoms with van der Waals surface area (Å²) >= 11 is 0. The van der Waals surface area contributed by atoms with Crippen LogP contribution in [0.1, 0.15) is 25.0 Å². The highest BCUT2D eigenvalue weighted by Gasteiger charge is 2.20. The summed E-state index contributed by atoms with van der Waals surface area (Å²) < 4.78 is 5.70. The number of hydrogen-bond acceptors (Lipinski definition) is 2. The van der Waals surface area contributed by atoms with Crippen LogP contribution in [0, 0.1) is 0 Å². The van der Waals surface area contributed by atoms with Crippen LogP contribution in [-0.4, -0.2) is 11.9 Å². The highest BCUT2D eigenvalue weighted by Crippen LogP contribution is 2.25. The maximum Gasteiger partial charge on any atom is 0.183 e. The molecule has 0 unspecified atom stereocenters. The summed E-state index contributed by atoms with van der Waals surface area (Å²) in [7, 11) is 0. The molecule has 0 aromatic heterocycles. The van der Waals surface area contributed by atoms with Crippen LogP contribution in [0.25, 0.3) is 0 Å². The smallest absolute Gasteiger partial charge is 0.183 e. The number of benzene rings is 1. The van der Waals surface area contributed by atoms with Gasteiger partial charge in [-0.3, -0.25) is 4.79 Å². The third-order valence-electron chi connectivity index (χ3n) is 2.57. The van der Waals surface area contributed by atoms with E-state index in [1.807, 2.05) is 36.4 Å². The Bertz CT molecular complexity index is 367. The van der Waals surface area contributed by atoms with E-state index in [4.69, 9.17) is 4.74 Å². The Morgan fingerprint density at radius 3 is 2.73 bits per heavy atom. The number of hydrogen-bond donors (Lipinski definition) is 0. The minimum absolute atomic E-state index is 0.00361. The first-order chi connectivity index (χ1) is 7.27. The Morgan fingerprint density at radius 1 is 1.27 bits per heavy atom. The zero-order valence-electron chi connectivity index (χ0n) is 8.72. The van der Waals surface area contributed by atoms with Gasteiger partial charge in [0, 0.05) is 0 Å². The second-order valence-corrected chi connectivity index (χ2v) is 3.72. The molecule has 0 saturated heterocycles. The lowest BCUT2D eigenvalue weighted by Crippen LogP contribution is -2.19. The minimum atomic E-state index is -0.339. The summed E-state index contributed by atoms with van der Waals surface area (Å²) in [6, 6.07) is 10.0.